The Morgan fingerprint density at radius 3 is 2.79 bits per heavy atom. The van der Waals surface area contributed by atoms with E-state index in [0.29, 0.717) is 18.3 Å². The smallest absolute Gasteiger partial charge is 0.227 e. The van der Waals surface area contributed by atoms with E-state index in [-0.39, 0.29) is 5.91 Å². The summed E-state index contributed by atoms with van der Waals surface area (Å²) in [6.07, 6.45) is 4.84. The van der Waals surface area contributed by atoms with Crippen molar-refractivity contribution in [2.75, 3.05) is 12.4 Å². The van der Waals surface area contributed by atoms with E-state index in [1.54, 1.807) is 0 Å². The van der Waals surface area contributed by atoms with Crippen molar-refractivity contribution < 1.29 is 4.79 Å². The van der Waals surface area contributed by atoms with Crippen LogP contribution >= 0.6 is 11.6 Å². The van der Waals surface area contributed by atoms with Crippen LogP contribution in [-0.4, -0.2) is 29.3 Å². The van der Waals surface area contributed by atoms with Crippen LogP contribution in [0.15, 0.2) is 24.3 Å². The van der Waals surface area contributed by atoms with Crippen molar-refractivity contribution in [3.63, 3.8) is 0 Å². The molecule has 1 saturated heterocycles. The van der Waals surface area contributed by atoms with Gasteiger partial charge in [0.15, 0.2) is 0 Å². The summed E-state index contributed by atoms with van der Waals surface area (Å²) in [4.78, 5) is 14.4. The summed E-state index contributed by atoms with van der Waals surface area (Å²) in [5.41, 5.74) is 2.34. The van der Waals surface area contributed by atoms with E-state index in [1.807, 2.05) is 0 Å². The highest BCUT2D eigenvalue weighted by Gasteiger charge is 2.27. The van der Waals surface area contributed by atoms with Crippen LogP contribution < -0.4 is 0 Å². The van der Waals surface area contributed by atoms with E-state index in [9.17, 15) is 4.79 Å². The second kappa shape index (κ2) is 6.95. The van der Waals surface area contributed by atoms with Crippen molar-refractivity contribution in [2.24, 2.45) is 0 Å². The molecule has 0 radical (unpaired) electrons. The molecule has 1 aromatic rings. The van der Waals surface area contributed by atoms with Crippen molar-refractivity contribution >= 4 is 17.5 Å². The molecule has 104 valence electrons. The molecule has 0 saturated carbocycles. The molecule has 1 aliphatic heterocycles. The van der Waals surface area contributed by atoms with E-state index in [1.165, 1.54) is 5.56 Å². The van der Waals surface area contributed by atoms with Crippen LogP contribution in [-0.2, 0) is 11.2 Å². The summed E-state index contributed by atoms with van der Waals surface area (Å²) in [6.45, 7) is 2.98. The number of carbonyl (C=O) groups excluding carboxylic acids is 1. The first-order valence-electron chi connectivity index (χ1n) is 7.11. The molecule has 19 heavy (non-hydrogen) atoms. The van der Waals surface area contributed by atoms with Gasteiger partial charge in [0.2, 0.25) is 5.91 Å². The van der Waals surface area contributed by atoms with Gasteiger partial charge in [-0.05, 0) is 38.2 Å². The standard InChI is InChI=1S/C16H22ClNO/c1-13-6-8-14(9-7-13)12-16(19)18-11-3-5-15(18)4-2-10-17/h6-9,15H,2-5,10-12H2,1H3. The molecule has 1 amide bonds. The van der Waals surface area contributed by atoms with Gasteiger partial charge in [0.05, 0.1) is 6.42 Å². The highest BCUT2D eigenvalue weighted by atomic mass is 35.5. The van der Waals surface area contributed by atoms with Gasteiger partial charge in [-0.1, -0.05) is 29.8 Å². The SMILES string of the molecule is Cc1ccc(CC(=O)N2CCCC2CCCCl)cc1. The average Bonchev–Trinajstić information content (AvgIpc) is 2.87. The normalized spacial score (nSPS) is 18.8. The van der Waals surface area contributed by atoms with E-state index in [4.69, 9.17) is 11.6 Å². The first-order valence-corrected chi connectivity index (χ1v) is 7.65. The Bertz CT molecular complexity index is 415. The van der Waals surface area contributed by atoms with E-state index < -0.39 is 0 Å². The molecule has 0 aromatic heterocycles. The molecule has 1 fully saturated rings. The fourth-order valence-corrected chi connectivity index (χ4v) is 2.91. The lowest BCUT2D eigenvalue weighted by atomic mass is 10.1. The molecule has 2 rings (SSSR count). The third-order valence-electron chi connectivity index (χ3n) is 3.84. The Hall–Kier alpha value is -1.02. The van der Waals surface area contributed by atoms with Crippen LogP contribution in [0, 0.1) is 6.92 Å². The lowest BCUT2D eigenvalue weighted by Crippen LogP contribution is -2.36. The number of halogens is 1. The molecule has 3 heteroatoms. The number of rotatable bonds is 5. The maximum absolute atomic E-state index is 12.4. The Morgan fingerprint density at radius 1 is 1.37 bits per heavy atom. The zero-order valence-corrected chi connectivity index (χ0v) is 12.3. The Balaban J connectivity index is 1.93. The minimum absolute atomic E-state index is 0.265. The molecule has 1 aliphatic rings. The highest BCUT2D eigenvalue weighted by molar-refractivity contribution is 6.17. The van der Waals surface area contributed by atoms with E-state index in [2.05, 4.69) is 36.1 Å². The lowest BCUT2D eigenvalue weighted by molar-refractivity contribution is -0.131. The number of aryl methyl sites for hydroxylation is 1. The van der Waals surface area contributed by atoms with Gasteiger partial charge in [0.1, 0.15) is 0 Å². The van der Waals surface area contributed by atoms with Crippen molar-refractivity contribution in [1.29, 1.82) is 0 Å². The largest absolute Gasteiger partial charge is 0.339 e. The second-order valence-corrected chi connectivity index (χ2v) is 5.75. The molecule has 0 bridgehead atoms. The first kappa shape index (κ1) is 14.4. The second-order valence-electron chi connectivity index (χ2n) is 5.38. The fourth-order valence-electron chi connectivity index (χ4n) is 2.76. The third-order valence-corrected chi connectivity index (χ3v) is 4.11. The maximum Gasteiger partial charge on any atom is 0.227 e. The van der Waals surface area contributed by atoms with Crippen LogP contribution in [0.3, 0.4) is 0 Å². The number of carbonyl (C=O) groups is 1. The number of nitrogens with zero attached hydrogens (tertiary/aromatic N) is 1. The number of hydrogen-bond acceptors (Lipinski definition) is 1. The monoisotopic (exact) mass is 279 g/mol. The Morgan fingerprint density at radius 2 is 2.11 bits per heavy atom. The van der Waals surface area contributed by atoms with Gasteiger partial charge < -0.3 is 4.90 Å². The molecule has 0 N–H and O–H groups in total. The van der Waals surface area contributed by atoms with Crippen LogP contribution in [0.5, 0.6) is 0 Å². The van der Waals surface area contributed by atoms with Crippen molar-refractivity contribution in [2.45, 2.75) is 45.1 Å². The van der Waals surface area contributed by atoms with Gasteiger partial charge >= 0.3 is 0 Å². The molecular formula is C16H22ClNO. The van der Waals surface area contributed by atoms with Gasteiger partial charge in [-0.15, -0.1) is 11.6 Å². The predicted octanol–water partition coefficient (Wildman–Crippen LogP) is 3.55. The summed E-state index contributed by atoms with van der Waals surface area (Å²) >= 11 is 5.75. The number of likely N-dealkylation sites (tertiary alicyclic amines) is 1. The fraction of sp³-hybridized carbons (Fsp3) is 0.562. The van der Waals surface area contributed by atoms with E-state index in [0.717, 1.165) is 37.8 Å². The highest BCUT2D eigenvalue weighted by Crippen LogP contribution is 2.22. The number of alkyl halides is 1. The Labute approximate surface area is 120 Å². The molecule has 2 nitrogen and oxygen atoms in total. The lowest BCUT2D eigenvalue weighted by Gasteiger charge is -2.24. The first-order chi connectivity index (χ1) is 9.20. The van der Waals surface area contributed by atoms with Crippen LogP contribution in [0.2, 0.25) is 0 Å². The van der Waals surface area contributed by atoms with E-state index >= 15 is 0 Å². The van der Waals surface area contributed by atoms with Gasteiger partial charge in [-0.3, -0.25) is 4.79 Å². The minimum atomic E-state index is 0.265. The van der Waals surface area contributed by atoms with Gasteiger partial charge in [0.25, 0.3) is 0 Å². The van der Waals surface area contributed by atoms with Crippen molar-refractivity contribution in [3.05, 3.63) is 35.4 Å². The molecular weight excluding hydrogens is 258 g/mol. The topological polar surface area (TPSA) is 20.3 Å². The molecule has 1 unspecified atom stereocenters. The zero-order chi connectivity index (χ0) is 13.7. The van der Waals surface area contributed by atoms with Crippen molar-refractivity contribution in [1.82, 2.24) is 4.90 Å². The van der Waals surface area contributed by atoms with Gasteiger partial charge in [-0.25, -0.2) is 0 Å². The predicted molar refractivity (Wildman–Crippen MR) is 79.6 cm³/mol. The zero-order valence-electron chi connectivity index (χ0n) is 11.6. The average molecular weight is 280 g/mol. The molecule has 1 aromatic carbocycles. The number of amides is 1. The maximum atomic E-state index is 12.4. The summed E-state index contributed by atoms with van der Waals surface area (Å²) in [7, 11) is 0. The van der Waals surface area contributed by atoms with Gasteiger partial charge in [-0.2, -0.15) is 0 Å². The quantitative estimate of drug-likeness (QED) is 0.755. The molecule has 0 spiro atoms. The minimum Gasteiger partial charge on any atom is -0.339 e. The Kier molecular flexibility index (Phi) is 5.26. The van der Waals surface area contributed by atoms with Crippen LogP contribution in [0.25, 0.3) is 0 Å². The van der Waals surface area contributed by atoms with Crippen molar-refractivity contribution in [3.8, 4) is 0 Å². The summed E-state index contributed by atoms with van der Waals surface area (Å²) in [6, 6.07) is 8.65. The summed E-state index contributed by atoms with van der Waals surface area (Å²) in [5, 5.41) is 0. The van der Waals surface area contributed by atoms with Crippen LogP contribution in [0.1, 0.15) is 36.8 Å². The number of hydrogen-bond donors (Lipinski definition) is 0. The number of benzene rings is 1. The molecule has 1 atom stereocenters. The van der Waals surface area contributed by atoms with Gasteiger partial charge in [0, 0.05) is 18.5 Å². The molecule has 0 aliphatic carbocycles. The molecule has 1 heterocycles. The summed E-state index contributed by atoms with van der Waals surface area (Å²) in [5.74, 6) is 0.956. The van der Waals surface area contributed by atoms with Crippen LogP contribution in [0.4, 0.5) is 0 Å². The third kappa shape index (κ3) is 3.97. The summed E-state index contributed by atoms with van der Waals surface area (Å²) < 4.78 is 0.